The van der Waals surface area contributed by atoms with Gasteiger partial charge in [-0.3, -0.25) is 0 Å². The molecular formula is C60H42BF10NP2. The second-order valence-corrected chi connectivity index (χ2v) is 23.9. The van der Waals surface area contributed by atoms with E-state index in [1.54, 1.807) is 19.9 Å². The monoisotopic (exact) mass is 1040 g/mol. The molecule has 0 bridgehead atoms. The van der Waals surface area contributed by atoms with Gasteiger partial charge in [0.25, 0.3) is 0 Å². The van der Waals surface area contributed by atoms with Crippen molar-refractivity contribution in [2.75, 3.05) is 0 Å². The van der Waals surface area contributed by atoms with E-state index in [-0.39, 0.29) is 11.3 Å². The van der Waals surface area contributed by atoms with E-state index in [1.807, 2.05) is 0 Å². The van der Waals surface area contributed by atoms with Crippen molar-refractivity contribution >= 4 is 80.2 Å². The molecule has 10 rings (SSSR count). The third kappa shape index (κ3) is 9.09. The second kappa shape index (κ2) is 21.6. The fraction of sp³-hybridized carbons (Fsp3) is 0.0500. The molecule has 0 aliphatic heterocycles. The van der Waals surface area contributed by atoms with Gasteiger partial charge < -0.3 is 0 Å². The van der Waals surface area contributed by atoms with Crippen LogP contribution in [0, 0.1) is 58.2 Å². The van der Waals surface area contributed by atoms with Crippen molar-refractivity contribution in [3.05, 3.63) is 276 Å². The van der Waals surface area contributed by atoms with Gasteiger partial charge >= 0.3 is 0 Å². The number of rotatable bonds is 11. The Labute approximate surface area is 422 Å². The minimum atomic E-state index is -2.58. The molecule has 0 spiro atoms. The Kier molecular flexibility index (Phi) is 15.0. The summed E-state index contributed by atoms with van der Waals surface area (Å²) in [5.74, 6) is -25.0. The second-order valence-electron chi connectivity index (χ2n) is 17.5. The summed E-state index contributed by atoms with van der Waals surface area (Å²) in [6.07, 6.45) is 0. The minimum Gasteiger partial charge on any atom is -0.204 e. The standard InChI is InChI=1S/C36H30NP2.C24H12BF10/c1-7-19-31(20-8-1)38(32-21-9-2-10-22-32,33-23-11-3-12-24-33)37-39(34-25-13-4-14-26-34,35-27-15-5-16-28-35)36-29-17-6-18-30-36;1-8(2)11-7-12(10-6-4-3-5-9(10)11)25(13-15(26)19(30)23(34)20(31)16(13)27)14-17(28)21(32)24(35)22(33)18(14)29/h1-30H;3-8H,1-2H3/q+1;-1. The Balaban J connectivity index is 0.000000183. The molecule has 0 saturated heterocycles. The van der Waals surface area contributed by atoms with E-state index in [1.165, 1.54) is 56.1 Å². The number of halogens is 10. The maximum Gasteiger partial charge on any atom is 0.242 e. The Bertz CT molecular complexity index is 3330. The number of benzene rings is 9. The largest absolute Gasteiger partial charge is 0.242 e. The smallest absolute Gasteiger partial charge is 0.204 e. The van der Waals surface area contributed by atoms with Crippen LogP contribution in [0.1, 0.15) is 25.3 Å². The highest BCUT2D eigenvalue weighted by molar-refractivity contribution is 8.01. The first kappa shape index (κ1) is 51.5. The van der Waals surface area contributed by atoms with Crippen molar-refractivity contribution in [1.82, 2.24) is 0 Å². The summed E-state index contributed by atoms with van der Waals surface area (Å²) in [7, 11) is -4.99. The third-order valence-electron chi connectivity index (χ3n) is 12.9. The average molecular weight is 1040 g/mol. The van der Waals surface area contributed by atoms with Gasteiger partial charge in [0, 0.05) is 26.8 Å². The van der Waals surface area contributed by atoms with Crippen LogP contribution < -0.4 is 48.2 Å². The number of nitrogens with zero attached hydrogens (tertiary/aromatic N) is 1. The van der Waals surface area contributed by atoms with Crippen molar-refractivity contribution in [2.45, 2.75) is 19.8 Å². The normalized spacial score (nSPS) is 11.6. The van der Waals surface area contributed by atoms with Crippen LogP contribution in [0.3, 0.4) is 0 Å². The maximum absolute atomic E-state index is 14.9. The summed E-state index contributed by atoms with van der Waals surface area (Å²) in [4.78, 5) is 0. The molecule has 0 N–H and O–H groups in total. The first-order valence-electron chi connectivity index (χ1n) is 23.3. The van der Waals surface area contributed by atoms with Gasteiger partial charge in [0.05, 0.1) is 0 Å². The zero-order valence-electron chi connectivity index (χ0n) is 39.5. The quantitative estimate of drug-likeness (QED) is 0.0306. The lowest BCUT2D eigenvalue weighted by molar-refractivity contribution is 0.382. The SMILES string of the molecule is CC(C)c1cc(B(c2c(F)c(F)c(F)c(F)c2F)c2c(F)c(F)c(F)c(F)c2F)[c-]2ccccc12.c1ccc(P(=N[P+](c2ccccc2)(c2ccccc2)c2ccccc2)(c2ccccc2)c2ccccc2)cc1. The van der Waals surface area contributed by atoms with Crippen LogP contribution in [0.2, 0.25) is 0 Å². The molecule has 1 nitrogen and oxygen atoms in total. The van der Waals surface area contributed by atoms with Crippen molar-refractivity contribution < 1.29 is 43.9 Å². The van der Waals surface area contributed by atoms with Gasteiger partial charge in [0.2, 0.25) is 14.1 Å². The van der Waals surface area contributed by atoms with Crippen molar-refractivity contribution in [2.24, 2.45) is 4.52 Å². The van der Waals surface area contributed by atoms with Crippen LogP contribution in [0.5, 0.6) is 0 Å². The van der Waals surface area contributed by atoms with Crippen molar-refractivity contribution in [3.8, 4) is 0 Å². The van der Waals surface area contributed by atoms with E-state index in [0.717, 1.165) is 0 Å². The highest BCUT2D eigenvalue weighted by Crippen LogP contribution is 2.66. The molecule has 14 heteroatoms. The molecule has 10 aromatic rings. The first-order chi connectivity index (χ1) is 35.7. The highest BCUT2D eigenvalue weighted by Gasteiger charge is 2.50. The topological polar surface area (TPSA) is 12.4 Å². The fourth-order valence-electron chi connectivity index (χ4n) is 9.50. The molecule has 10 aromatic carbocycles. The van der Waals surface area contributed by atoms with E-state index in [0.29, 0.717) is 10.9 Å². The molecule has 370 valence electrons. The molecule has 0 heterocycles. The molecule has 0 aliphatic rings. The molecule has 0 fully saturated rings. The van der Waals surface area contributed by atoms with Crippen LogP contribution >= 0.6 is 14.5 Å². The number of hydrogen-bond donors (Lipinski definition) is 0. The molecular weight excluding hydrogens is 997 g/mol. The average Bonchev–Trinajstić information content (AvgIpc) is 3.84. The predicted molar refractivity (Wildman–Crippen MR) is 283 cm³/mol. The zero-order valence-corrected chi connectivity index (χ0v) is 41.3. The zero-order chi connectivity index (χ0) is 52.3. The summed E-state index contributed by atoms with van der Waals surface area (Å²) in [5, 5.41) is 8.02. The Morgan fingerprint density at radius 3 is 1.01 bits per heavy atom. The lowest BCUT2D eigenvalue weighted by Crippen LogP contribution is -2.58. The van der Waals surface area contributed by atoms with Gasteiger partial charge in [-0.1, -0.05) is 165 Å². The summed E-state index contributed by atoms with van der Waals surface area (Å²) < 4.78 is 150. The molecule has 74 heavy (non-hydrogen) atoms. The first-order valence-corrected chi connectivity index (χ1v) is 26.8. The third-order valence-corrected chi connectivity index (χ3v) is 21.3. The van der Waals surface area contributed by atoms with Gasteiger partial charge in [-0.2, -0.15) is 6.07 Å². The predicted octanol–water partition coefficient (Wildman–Crippen LogP) is 12.7. The summed E-state index contributed by atoms with van der Waals surface area (Å²) in [5.41, 5.74) is -3.46. The molecule has 0 radical (unpaired) electrons. The van der Waals surface area contributed by atoms with Gasteiger partial charge in [-0.15, -0.1) is 50.6 Å². The van der Waals surface area contributed by atoms with Gasteiger partial charge in [-0.05, 0) is 36.4 Å². The Morgan fingerprint density at radius 1 is 0.392 bits per heavy atom. The van der Waals surface area contributed by atoms with Crippen LogP contribution in [0.15, 0.2) is 217 Å². The van der Waals surface area contributed by atoms with E-state index in [9.17, 15) is 43.9 Å². The van der Waals surface area contributed by atoms with Crippen LogP contribution in [0.25, 0.3) is 10.8 Å². The van der Waals surface area contributed by atoms with Gasteiger partial charge in [-0.25, -0.2) is 43.9 Å². The minimum absolute atomic E-state index is 0.0640. The molecule has 0 atom stereocenters. The molecule has 0 aliphatic carbocycles. The van der Waals surface area contributed by atoms with E-state index in [4.69, 9.17) is 4.52 Å². The lowest BCUT2D eigenvalue weighted by Gasteiger charge is -2.31. The summed E-state index contributed by atoms with van der Waals surface area (Å²) in [6.45, 7) is 0.802. The molecule has 0 saturated carbocycles. The summed E-state index contributed by atoms with van der Waals surface area (Å²) in [6, 6.07) is 72.7. The highest BCUT2D eigenvalue weighted by atomic mass is 31.2. The summed E-state index contributed by atoms with van der Waals surface area (Å²) >= 11 is 0. The number of fused-ring (bicyclic) bond motifs is 1. The Morgan fingerprint density at radius 2 is 0.689 bits per heavy atom. The van der Waals surface area contributed by atoms with Crippen molar-refractivity contribution in [1.29, 1.82) is 0 Å². The fourth-order valence-corrected chi connectivity index (χ4v) is 19.0. The van der Waals surface area contributed by atoms with E-state index >= 15 is 0 Å². The Hall–Kier alpha value is -7.39. The maximum atomic E-state index is 14.9. The van der Waals surface area contributed by atoms with Crippen LogP contribution in [0.4, 0.5) is 43.9 Å². The van der Waals surface area contributed by atoms with Crippen LogP contribution in [-0.2, 0) is 0 Å². The van der Waals surface area contributed by atoms with E-state index < -0.39 is 95.7 Å². The van der Waals surface area contributed by atoms with Crippen molar-refractivity contribution in [3.63, 3.8) is 0 Å². The van der Waals surface area contributed by atoms with E-state index in [2.05, 4.69) is 182 Å². The molecule has 0 aromatic heterocycles. The van der Waals surface area contributed by atoms with Gasteiger partial charge in [0.1, 0.15) is 23.0 Å². The van der Waals surface area contributed by atoms with Crippen LogP contribution in [-0.4, -0.2) is 6.71 Å². The molecule has 0 amide bonds. The number of hydrogen-bond acceptors (Lipinski definition) is 1. The van der Waals surface area contributed by atoms with Gasteiger partial charge in [0.15, 0.2) is 58.2 Å². The molecule has 0 unspecified atom stereocenters. The lowest BCUT2D eigenvalue weighted by atomic mass is 9.36.